The van der Waals surface area contributed by atoms with Crippen molar-refractivity contribution in [1.29, 1.82) is 0 Å². The number of benzene rings is 1. The molecular formula is C13H14BrN3O2S. The van der Waals surface area contributed by atoms with Crippen molar-refractivity contribution in [1.82, 2.24) is 4.98 Å². The molecule has 0 spiro atoms. The summed E-state index contributed by atoms with van der Waals surface area (Å²) in [5.74, 6) is 0. The molecule has 2 aromatic rings. The first-order chi connectivity index (χ1) is 9.45. The second-order valence-electron chi connectivity index (χ2n) is 4.15. The maximum absolute atomic E-state index is 12.4. The first-order valence-corrected chi connectivity index (χ1v) is 8.14. The number of nitrogens with zero attached hydrogens (tertiary/aromatic N) is 1. The average molecular weight is 356 g/mol. The van der Waals surface area contributed by atoms with E-state index in [4.69, 9.17) is 0 Å². The molecule has 0 radical (unpaired) electrons. The Hall–Kier alpha value is -1.60. The van der Waals surface area contributed by atoms with Crippen LogP contribution in [-0.4, -0.2) is 20.4 Å². The Morgan fingerprint density at radius 2 is 1.85 bits per heavy atom. The highest BCUT2D eigenvalue weighted by molar-refractivity contribution is 9.10. The molecule has 1 aromatic heterocycles. The maximum Gasteiger partial charge on any atom is 0.281 e. The number of anilines is 2. The minimum Gasteiger partial charge on any atom is -0.386 e. The number of sulfonamides is 1. The number of nitrogens with one attached hydrogen (secondary N) is 2. The SMILES string of the molecule is CNc1cccnc1S(=O)(=O)Nc1cccc(C)c1Br. The molecule has 0 atom stereocenters. The van der Waals surface area contributed by atoms with Crippen molar-refractivity contribution in [3.63, 3.8) is 0 Å². The van der Waals surface area contributed by atoms with Crippen LogP contribution < -0.4 is 10.0 Å². The topological polar surface area (TPSA) is 71.1 Å². The number of pyridine rings is 1. The highest BCUT2D eigenvalue weighted by atomic mass is 79.9. The number of aryl methyl sites for hydroxylation is 1. The van der Waals surface area contributed by atoms with Gasteiger partial charge in [0.05, 0.1) is 11.4 Å². The minimum absolute atomic E-state index is 0.0316. The van der Waals surface area contributed by atoms with Gasteiger partial charge in [-0.1, -0.05) is 12.1 Å². The van der Waals surface area contributed by atoms with E-state index in [2.05, 4.69) is 31.0 Å². The van der Waals surface area contributed by atoms with E-state index in [1.165, 1.54) is 6.20 Å². The molecule has 0 unspecified atom stereocenters. The zero-order valence-electron chi connectivity index (χ0n) is 11.0. The van der Waals surface area contributed by atoms with Crippen LogP contribution in [0.1, 0.15) is 5.56 Å². The lowest BCUT2D eigenvalue weighted by molar-refractivity contribution is 0.598. The van der Waals surface area contributed by atoms with Crippen LogP contribution in [0.4, 0.5) is 11.4 Å². The van der Waals surface area contributed by atoms with Crippen LogP contribution in [0.2, 0.25) is 0 Å². The fourth-order valence-electron chi connectivity index (χ4n) is 1.71. The lowest BCUT2D eigenvalue weighted by Crippen LogP contribution is -2.16. The van der Waals surface area contributed by atoms with Gasteiger partial charge in [0.25, 0.3) is 10.0 Å². The van der Waals surface area contributed by atoms with E-state index in [1.54, 1.807) is 31.3 Å². The van der Waals surface area contributed by atoms with Crippen LogP contribution in [0.15, 0.2) is 46.0 Å². The first kappa shape index (κ1) is 14.8. The van der Waals surface area contributed by atoms with Gasteiger partial charge < -0.3 is 5.32 Å². The molecule has 0 aliphatic carbocycles. The third kappa shape index (κ3) is 2.94. The van der Waals surface area contributed by atoms with E-state index in [-0.39, 0.29) is 5.03 Å². The summed E-state index contributed by atoms with van der Waals surface area (Å²) in [6.07, 6.45) is 1.45. The predicted octanol–water partition coefficient (Wildman–Crippen LogP) is 3.00. The van der Waals surface area contributed by atoms with Gasteiger partial charge in [0.1, 0.15) is 0 Å². The number of halogens is 1. The Labute approximate surface area is 126 Å². The Morgan fingerprint density at radius 1 is 1.15 bits per heavy atom. The zero-order valence-corrected chi connectivity index (χ0v) is 13.4. The van der Waals surface area contributed by atoms with Gasteiger partial charge in [-0.15, -0.1) is 0 Å². The number of aromatic nitrogens is 1. The normalized spacial score (nSPS) is 11.2. The van der Waals surface area contributed by atoms with Crippen LogP contribution in [-0.2, 0) is 10.0 Å². The molecule has 0 saturated heterocycles. The minimum atomic E-state index is -3.75. The quantitative estimate of drug-likeness (QED) is 0.884. The molecule has 106 valence electrons. The number of hydrogen-bond acceptors (Lipinski definition) is 4. The Bertz CT molecular complexity index is 732. The van der Waals surface area contributed by atoms with Crippen LogP contribution >= 0.6 is 15.9 Å². The van der Waals surface area contributed by atoms with Gasteiger partial charge in [0, 0.05) is 17.7 Å². The van der Waals surface area contributed by atoms with Crippen molar-refractivity contribution in [3.8, 4) is 0 Å². The molecule has 1 heterocycles. The van der Waals surface area contributed by atoms with Crippen molar-refractivity contribution >= 4 is 37.3 Å². The average Bonchev–Trinajstić information content (AvgIpc) is 2.43. The molecule has 0 aliphatic rings. The number of hydrogen-bond donors (Lipinski definition) is 2. The standard InChI is InChI=1S/C13H14BrN3O2S/c1-9-5-3-6-10(12(9)14)17-20(18,19)13-11(15-2)7-4-8-16-13/h3-8,15,17H,1-2H3. The van der Waals surface area contributed by atoms with Crippen LogP contribution in [0.5, 0.6) is 0 Å². The maximum atomic E-state index is 12.4. The Kier molecular flexibility index (Phi) is 4.29. The number of rotatable bonds is 4. The fraction of sp³-hybridized carbons (Fsp3) is 0.154. The van der Waals surface area contributed by atoms with Gasteiger partial charge in [-0.2, -0.15) is 8.42 Å². The molecular weight excluding hydrogens is 342 g/mol. The molecule has 2 N–H and O–H groups in total. The van der Waals surface area contributed by atoms with E-state index in [0.717, 1.165) is 5.56 Å². The monoisotopic (exact) mass is 355 g/mol. The van der Waals surface area contributed by atoms with Gasteiger partial charge in [-0.05, 0) is 46.6 Å². The Balaban J connectivity index is 2.44. The lowest BCUT2D eigenvalue weighted by atomic mass is 10.2. The van der Waals surface area contributed by atoms with Crippen LogP contribution in [0.3, 0.4) is 0 Å². The summed E-state index contributed by atoms with van der Waals surface area (Å²) in [6, 6.07) is 8.70. The molecule has 0 fully saturated rings. The second kappa shape index (κ2) is 5.80. The van der Waals surface area contributed by atoms with Gasteiger partial charge in [0.2, 0.25) is 0 Å². The lowest BCUT2D eigenvalue weighted by Gasteiger charge is -2.12. The van der Waals surface area contributed by atoms with Crippen molar-refractivity contribution in [2.45, 2.75) is 11.9 Å². The van der Waals surface area contributed by atoms with Gasteiger partial charge in [-0.3, -0.25) is 4.72 Å². The molecule has 0 amide bonds. The summed E-state index contributed by atoms with van der Waals surface area (Å²) in [5, 5.41) is 2.79. The van der Waals surface area contributed by atoms with E-state index >= 15 is 0 Å². The van der Waals surface area contributed by atoms with E-state index in [0.29, 0.717) is 15.8 Å². The van der Waals surface area contributed by atoms with Crippen molar-refractivity contribution in [2.75, 3.05) is 17.1 Å². The molecule has 1 aromatic carbocycles. The largest absolute Gasteiger partial charge is 0.386 e. The second-order valence-corrected chi connectivity index (χ2v) is 6.54. The van der Waals surface area contributed by atoms with E-state index in [1.807, 2.05) is 13.0 Å². The summed E-state index contributed by atoms with van der Waals surface area (Å²) in [4.78, 5) is 3.94. The molecule has 7 heteroatoms. The van der Waals surface area contributed by atoms with Crippen molar-refractivity contribution in [3.05, 3.63) is 46.6 Å². The predicted molar refractivity (Wildman–Crippen MR) is 83.5 cm³/mol. The van der Waals surface area contributed by atoms with Crippen molar-refractivity contribution < 1.29 is 8.42 Å². The molecule has 5 nitrogen and oxygen atoms in total. The summed E-state index contributed by atoms with van der Waals surface area (Å²) < 4.78 is 28.1. The Morgan fingerprint density at radius 3 is 2.55 bits per heavy atom. The van der Waals surface area contributed by atoms with Gasteiger partial charge in [0.15, 0.2) is 5.03 Å². The third-order valence-corrected chi connectivity index (χ3v) is 5.11. The van der Waals surface area contributed by atoms with E-state index < -0.39 is 10.0 Å². The van der Waals surface area contributed by atoms with Gasteiger partial charge in [-0.25, -0.2) is 4.98 Å². The molecule has 2 rings (SSSR count). The first-order valence-electron chi connectivity index (χ1n) is 5.86. The van der Waals surface area contributed by atoms with Crippen molar-refractivity contribution in [2.24, 2.45) is 0 Å². The summed E-state index contributed by atoms with van der Waals surface area (Å²) in [7, 11) is -2.10. The molecule has 0 saturated carbocycles. The fourth-order valence-corrected chi connectivity index (χ4v) is 3.42. The highest BCUT2D eigenvalue weighted by Gasteiger charge is 2.20. The van der Waals surface area contributed by atoms with Gasteiger partial charge >= 0.3 is 0 Å². The molecule has 20 heavy (non-hydrogen) atoms. The summed E-state index contributed by atoms with van der Waals surface area (Å²) >= 11 is 3.38. The third-order valence-electron chi connectivity index (χ3n) is 2.73. The van der Waals surface area contributed by atoms with Crippen LogP contribution in [0, 0.1) is 6.92 Å². The smallest absolute Gasteiger partial charge is 0.281 e. The molecule has 0 aliphatic heterocycles. The van der Waals surface area contributed by atoms with E-state index in [9.17, 15) is 8.42 Å². The summed E-state index contributed by atoms with van der Waals surface area (Å²) in [6.45, 7) is 1.89. The highest BCUT2D eigenvalue weighted by Crippen LogP contribution is 2.28. The summed E-state index contributed by atoms with van der Waals surface area (Å²) in [5.41, 5.74) is 1.88. The van der Waals surface area contributed by atoms with Crippen LogP contribution in [0.25, 0.3) is 0 Å². The zero-order chi connectivity index (χ0) is 14.8. The molecule has 0 bridgehead atoms.